The number of nitrogens with one attached hydrogen (secondary N) is 1. The summed E-state index contributed by atoms with van der Waals surface area (Å²) >= 11 is 0. The maximum atomic E-state index is 13.1. The van der Waals surface area contributed by atoms with E-state index in [1.807, 2.05) is 71.0 Å². The van der Waals surface area contributed by atoms with Crippen LogP contribution in [0.2, 0.25) is 0 Å². The molecule has 2 aromatic rings. The lowest BCUT2D eigenvalue weighted by Crippen LogP contribution is -2.45. The van der Waals surface area contributed by atoms with Crippen molar-refractivity contribution in [3.8, 4) is 17.2 Å². The van der Waals surface area contributed by atoms with Gasteiger partial charge in [0, 0.05) is 12.0 Å². The van der Waals surface area contributed by atoms with Crippen molar-refractivity contribution in [1.82, 2.24) is 5.32 Å². The fourth-order valence-corrected chi connectivity index (χ4v) is 3.66. The zero-order valence-electron chi connectivity index (χ0n) is 18.2. The van der Waals surface area contributed by atoms with Gasteiger partial charge in [0.2, 0.25) is 0 Å². The van der Waals surface area contributed by atoms with E-state index in [1.54, 1.807) is 7.11 Å². The average Bonchev–Trinajstić information content (AvgIpc) is 2.67. The SMILES string of the molecule is CCC(Oc1cc(C)ccc1C)C(=O)NC1CC(C)(C)Oc2ccc(OC)cc21. The van der Waals surface area contributed by atoms with Gasteiger partial charge in [0.15, 0.2) is 6.10 Å². The van der Waals surface area contributed by atoms with E-state index in [1.165, 1.54) is 0 Å². The van der Waals surface area contributed by atoms with Gasteiger partial charge in [0.25, 0.3) is 5.91 Å². The smallest absolute Gasteiger partial charge is 0.261 e. The number of carbonyl (C=O) groups is 1. The molecule has 5 nitrogen and oxygen atoms in total. The van der Waals surface area contributed by atoms with Gasteiger partial charge in [0.05, 0.1) is 13.2 Å². The number of hydrogen-bond acceptors (Lipinski definition) is 4. The van der Waals surface area contributed by atoms with Crippen molar-refractivity contribution >= 4 is 5.91 Å². The number of aryl methyl sites for hydroxylation is 2. The molecular weight excluding hydrogens is 366 g/mol. The van der Waals surface area contributed by atoms with Crippen LogP contribution in [0.3, 0.4) is 0 Å². The molecule has 0 saturated heterocycles. The number of rotatable bonds is 6. The van der Waals surface area contributed by atoms with Crippen LogP contribution in [0.15, 0.2) is 36.4 Å². The molecule has 0 bridgehead atoms. The minimum Gasteiger partial charge on any atom is -0.497 e. The van der Waals surface area contributed by atoms with E-state index in [0.29, 0.717) is 12.8 Å². The van der Waals surface area contributed by atoms with Crippen LogP contribution in [0.25, 0.3) is 0 Å². The van der Waals surface area contributed by atoms with E-state index < -0.39 is 6.10 Å². The molecule has 1 heterocycles. The Morgan fingerprint density at radius 3 is 2.69 bits per heavy atom. The molecule has 2 atom stereocenters. The van der Waals surface area contributed by atoms with Gasteiger partial charge in [-0.1, -0.05) is 19.1 Å². The first kappa shape index (κ1) is 21.0. The Hall–Kier alpha value is -2.69. The molecule has 2 unspecified atom stereocenters. The lowest BCUT2D eigenvalue weighted by molar-refractivity contribution is -0.129. The molecule has 156 valence electrons. The van der Waals surface area contributed by atoms with Crippen LogP contribution < -0.4 is 19.5 Å². The van der Waals surface area contributed by atoms with Gasteiger partial charge in [0.1, 0.15) is 22.8 Å². The molecule has 0 fully saturated rings. The quantitative estimate of drug-likeness (QED) is 0.754. The van der Waals surface area contributed by atoms with Crippen molar-refractivity contribution in [1.29, 1.82) is 0 Å². The van der Waals surface area contributed by atoms with Gasteiger partial charge in [-0.15, -0.1) is 0 Å². The van der Waals surface area contributed by atoms with E-state index in [-0.39, 0.29) is 17.6 Å². The second-order valence-electron chi connectivity index (χ2n) is 8.31. The van der Waals surface area contributed by atoms with Crippen LogP contribution >= 0.6 is 0 Å². The fraction of sp³-hybridized carbons (Fsp3) is 0.458. The summed E-state index contributed by atoms with van der Waals surface area (Å²) in [5.74, 6) is 2.15. The Morgan fingerprint density at radius 1 is 1.24 bits per heavy atom. The minimum absolute atomic E-state index is 0.120. The summed E-state index contributed by atoms with van der Waals surface area (Å²) in [5, 5.41) is 3.19. The van der Waals surface area contributed by atoms with Gasteiger partial charge in [-0.2, -0.15) is 0 Å². The van der Waals surface area contributed by atoms with Crippen LogP contribution in [0.4, 0.5) is 0 Å². The van der Waals surface area contributed by atoms with E-state index in [2.05, 4.69) is 5.32 Å². The Kier molecular flexibility index (Phi) is 6.06. The fourth-order valence-electron chi connectivity index (χ4n) is 3.66. The van der Waals surface area contributed by atoms with Crippen molar-refractivity contribution in [2.24, 2.45) is 0 Å². The summed E-state index contributed by atoms with van der Waals surface area (Å²) in [6.45, 7) is 10.0. The third-order valence-electron chi connectivity index (χ3n) is 5.27. The molecular formula is C24H31NO4. The normalized spacial score (nSPS) is 18.2. The molecule has 1 N–H and O–H groups in total. The summed E-state index contributed by atoms with van der Waals surface area (Å²) in [6, 6.07) is 11.6. The number of ether oxygens (including phenoxy) is 3. The summed E-state index contributed by atoms with van der Waals surface area (Å²) < 4.78 is 17.6. The number of methoxy groups -OCH3 is 1. The average molecular weight is 398 g/mol. The Balaban J connectivity index is 1.82. The van der Waals surface area contributed by atoms with E-state index >= 15 is 0 Å². The molecule has 0 saturated carbocycles. The van der Waals surface area contributed by atoms with Crippen LogP contribution in [-0.4, -0.2) is 24.7 Å². The van der Waals surface area contributed by atoms with Crippen molar-refractivity contribution in [3.63, 3.8) is 0 Å². The summed E-state index contributed by atoms with van der Waals surface area (Å²) in [6.07, 6.45) is 0.686. The predicted molar refractivity (Wildman–Crippen MR) is 114 cm³/mol. The highest BCUT2D eigenvalue weighted by atomic mass is 16.5. The molecule has 3 rings (SSSR count). The highest BCUT2D eigenvalue weighted by molar-refractivity contribution is 5.81. The number of fused-ring (bicyclic) bond motifs is 1. The molecule has 0 aromatic heterocycles. The molecule has 0 spiro atoms. The predicted octanol–water partition coefficient (Wildman–Crippen LogP) is 4.89. The van der Waals surface area contributed by atoms with Crippen molar-refractivity contribution in [2.45, 2.75) is 65.2 Å². The first-order valence-corrected chi connectivity index (χ1v) is 10.1. The Bertz CT molecular complexity index is 890. The summed E-state index contributed by atoms with van der Waals surface area (Å²) in [4.78, 5) is 13.1. The summed E-state index contributed by atoms with van der Waals surface area (Å²) in [5.41, 5.74) is 2.67. The number of amides is 1. The number of benzene rings is 2. The van der Waals surface area contributed by atoms with Crippen molar-refractivity contribution < 1.29 is 19.0 Å². The van der Waals surface area contributed by atoms with Gasteiger partial charge in [-0.05, 0) is 69.5 Å². The van der Waals surface area contributed by atoms with Gasteiger partial charge in [-0.3, -0.25) is 4.79 Å². The van der Waals surface area contributed by atoms with E-state index in [9.17, 15) is 4.79 Å². The van der Waals surface area contributed by atoms with Gasteiger partial charge in [-0.25, -0.2) is 0 Å². The molecule has 0 radical (unpaired) electrons. The van der Waals surface area contributed by atoms with Crippen LogP contribution in [0.5, 0.6) is 17.2 Å². The molecule has 1 aliphatic heterocycles. The third-order valence-corrected chi connectivity index (χ3v) is 5.27. The number of carbonyl (C=O) groups excluding carboxylic acids is 1. The zero-order chi connectivity index (χ0) is 21.2. The van der Waals surface area contributed by atoms with Gasteiger partial charge < -0.3 is 19.5 Å². The molecule has 0 aliphatic carbocycles. The first-order chi connectivity index (χ1) is 13.7. The van der Waals surface area contributed by atoms with Crippen LogP contribution in [0.1, 0.15) is 56.3 Å². The van der Waals surface area contributed by atoms with E-state index in [0.717, 1.165) is 33.9 Å². The summed E-state index contributed by atoms with van der Waals surface area (Å²) in [7, 11) is 1.63. The maximum absolute atomic E-state index is 13.1. The van der Waals surface area contributed by atoms with Gasteiger partial charge >= 0.3 is 0 Å². The highest BCUT2D eigenvalue weighted by Crippen LogP contribution is 2.41. The molecule has 1 amide bonds. The lowest BCUT2D eigenvalue weighted by atomic mass is 9.89. The third kappa shape index (κ3) is 4.84. The van der Waals surface area contributed by atoms with Crippen molar-refractivity contribution in [3.05, 3.63) is 53.1 Å². The van der Waals surface area contributed by atoms with Crippen LogP contribution in [-0.2, 0) is 4.79 Å². The highest BCUT2D eigenvalue weighted by Gasteiger charge is 2.36. The molecule has 1 aliphatic rings. The Labute approximate surface area is 173 Å². The topological polar surface area (TPSA) is 56.8 Å². The zero-order valence-corrected chi connectivity index (χ0v) is 18.2. The monoisotopic (exact) mass is 397 g/mol. The first-order valence-electron chi connectivity index (χ1n) is 10.1. The Morgan fingerprint density at radius 2 is 2.00 bits per heavy atom. The molecule has 5 heteroatoms. The minimum atomic E-state index is -0.560. The van der Waals surface area contributed by atoms with Crippen LogP contribution in [0, 0.1) is 13.8 Å². The maximum Gasteiger partial charge on any atom is 0.261 e. The van der Waals surface area contributed by atoms with Crippen molar-refractivity contribution in [2.75, 3.05) is 7.11 Å². The second kappa shape index (κ2) is 8.36. The number of hydrogen-bond donors (Lipinski definition) is 1. The molecule has 29 heavy (non-hydrogen) atoms. The molecule has 2 aromatic carbocycles. The second-order valence-corrected chi connectivity index (χ2v) is 8.31. The largest absolute Gasteiger partial charge is 0.497 e. The lowest BCUT2D eigenvalue weighted by Gasteiger charge is -2.38. The van der Waals surface area contributed by atoms with E-state index in [4.69, 9.17) is 14.2 Å². The standard InChI is InChI=1S/C24H31NO4/c1-7-20(28-22-12-15(2)8-9-16(22)3)23(26)25-19-14-24(4,5)29-21-11-10-17(27-6)13-18(19)21/h8-13,19-20H,7,14H2,1-6H3,(H,25,26).